The number of hydrogen-bond acceptors (Lipinski definition) is 10. The number of nitrogens with zero attached hydrogens (tertiary/aromatic N) is 2. The van der Waals surface area contributed by atoms with Gasteiger partial charge >= 0.3 is 11.9 Å². The van der Waals surface area contributed by atoms with Gasteiger partial charge in [-0.25, -0.2) is 9.59 Å². The number of nitrogens with one attached hydrogen (secondary N) is 2. The average Bonchev–Trinajstić information content (AvgIpc) is 3.93. The van der Waals surface area contributed by atoms with E-state index in [2.05, 4.69) is 93.2 Å². The van der Waals surface area contributed by atoms with E-state index in [0.29, 0.717) is 36.3 Å². The molecule has 0 saturated carbocycles. The van der Waals surface area contributed by atoms with Gasteiger partial charge in [-0.2, -0.15) is 0 Å². The molecule has 2 aliphatic carbocycles. The number of carboxylic acids is 2. The number of aliphatic carboxylic acids is 2. The Morgan fingerprint density at radius 2 is 0.969 bits per heavy atom. The second kappa shape index (κ2) is 21.3. The Hall–Kier alpha value is -5.72. The maximum absolute atomic E-state index is 9.55. The summed E-state index contributed by atoms with van der Waals surface area (Å²) in [6.07, 6.45) is 15.0. The fraction of sp³-hybridized carbons (Fsp3) is 0.462. The van der Waals surface area contributed by atoms with Crippen molar-refractivity contribution in [1.29, 1.82) is 0 Å². The molecule has 10 rings (SSSR count). The van der Waals surface area contributed by atoms with Crippen molar-refractivity contribution in [3.05, 3.63) is 118 Å². The molecule has 4 aromatic carbocycles. The predicted molar refractivity (Wildman–Crippen MR) is 250 cm³/mol. The van der Waals surface area contributed by atoms with Crippen LogP contribution in [0.25, 0.3) is 0 Å². The van der Waals surface area contributed by atoms with Crippen LogP contribution >= 0.6 is 0 Å². The van der Waals surface area contributed by atoms with E-state index < -0.39 is 11.9 Å². The van der Waals surface area contributed by atoms with Crippen LogP contribution in [0.4, 0.5) is 11.4 Å². The highest BCUT2D eigenvalue weighted by Gasteiger charge is 2.30. The van der Waals surface area contributed by atoms with Crippen LogP contribution in [-0.2, 0) is 48.1 Å². The molecule has 12 heteroatoms. The van der Waals surface area contributed by atoms with Crippen molar-refractivity contribution >= 4 is 23.3 Å². The minimum Gasteiger partial charge on any atom is -0.497 e. The summed E-state index contributed by atoms with van der Waals surface area (Å²) in [6.45, 7) is 6.12. The maximum Gasteiger partial charge on any atom is 0.328 e. The number of ether oxygens (including phenoxy) is 4. The molecule has 0 amide bonds. The van der Waals surface area contributed by atoms with Gasteiger partial charge in [-0.15, -0.1) is 0 Å². The summed E-state index contributed by atoms with van der Waals surface area (Å²) < 4.78 is 22.8. The number of carboxylic acid groups (broad SMARTS) is 2. The van der Waals surface area contributed by atoms with Crippen LogP contribution in [-0.4, -0.2) is 99.9 Å². The van der Waals surface area contributed by atoms with E-state index in [-0.39, 0.29) is 0 Å². The molecule has 4 heterocycles. The summed E-state index contributed by atoms with van der Waals surface area (Å²) >= 11 is 0. The van der Waals surface area contributed by atoms with Crippen LogP contribution in [0.1, 0.15) is 71.9 Å². The third kappa shape index (κ3) is 11.3. The Kier molecular flexibility index (Phi) is 14.9. The van der Waals surface area contributed by atoms with Gasteiger partial charge in [0.15, 0.2) is 0 Å². The van der Waals surface area contributed by atoms with Gasteiger partial charge in [-0.1, -0.05) is 36.4 Å². The summed E-state index contributed by atoms with van der Waals surface area (Å²) in [5, 5.41) is 23.5. The molecule has 4 aliphatic heterocycles. The number of aryl methyl sites for hydroxylation is 2. The molecular formula is C52H64N4O8. The van der Waals surface area contributed by atoms with Gasteiger partial charge < -0.3 is 49.6 Å². The quantitative estimate of drug-likeness (QED) is 0.120. The molecule has 2 fully saturated rings. The first-order chi connectivity index (χ1) is 31.2. The van der Waals surface area contributed by atoms with Crippen LogP contribution in [0, 0.1) is 0 Å². The first-order valence-corrected chi connectivity index (χ1v) is 23.2. The van der Waals surface area contributed by atoms with Gasteiger partial charge in [0.2, 0.25) is 0 Å². The second-order valence-corrected chi connectivity index (χ2v) is 17.8. The number of benzene rings is 4. The van der Waals surface area contributed by atoms with Crippen LogP contribution in [0.3, 0.4) is 0 Å². The van der Waals surface area contributed by atoms with Gasteiger partial charge in [0.05, 0.1) is 38.8 Å². The zero-order valence-electron chi connectivity index (χ0n) is 37.4. The third-order valence-corrected chi connectivity index (χ3v) is 13.5. The summed E-state index contributed by atoms with van der Waals surface area (Å²) in [5.74, 6) is 1.71. The Balaban J connectivity index is 0.000000150. The molecule has 0 aromatic heterocycles. The molecule has 4 aromatic rings. The molecule has 2 atom stereocenters. The Bertz CT molecular complexity index is 2110. The highest BCUT2D eigenvalue weighted by Crippen LogP contribution is 2.38. The molecule has 2 saturated heterocycles. The summed E-state index contributed by atoms with van der Waals surface area (Å²) in [7, 11) is 3.49. The normalized spacial score (nSPS) is 20.2. The van der Waals surface area contributed by atoms with Crippen molar-refractivity contribution in [3.8, 4) is 23.0 Å². The van der Waals surface area contributed by atoms with E-state index >= 15 is 0 Å². The van der Waals surface area contributed by atoms with Gasteiger partial charge in [0, 0.05) is 62.5 Å². The van der Waals surface area contributed by atoms with Crippen LogP contribution in [0.2, 0.25) is 0 Å². The van der Waals surface area contributed by atoms with Crippen molar-refractivity contribution in [2.24, 2.45) is 0 Å². The van der Waals surface area contributed by atoms with Crippen molar-refractivity contribution in [1.82, 2.24) is 10.6 Å². The minimum absolute atomic E-state index is 0.558. The molecule has 2 unspecified atom stereocenters. The molecule has 0 radical (unpaired) electrons. The Labute approximate surface area is 377 Å². The minimum atomic E-state index is -1.26. The number of para-hydroxylation sites is 2. The Morgan fingerprint density at radius 1 is 0.562 bits per heavy atom. The third-order valence-electron chi connectivity index (χ3n) is 13.5. The largest absolute Gasteiger partial charge is 0.497 e. The fourth-order valence-electron chi connectivity index (χ4n) is 10.3. The van der Waals surface area contributed by atoms with E-state index in [1.165, 1.54) is 70.4 Å². The van der Waals surface area contributed by atoms with E-state index in [9.17, 15) is 9.59 Å². The second-order valence-electron chi connectivity index (χ2n) is 17.8. The monoisotopic (exact) mass is 872 g/mol. The smallest absolute Gasteiger partial charge is 0.328 e. The highest BCUT2D eigenvalue weighted by atomic mass is 16.5. The standard InChI is InChI=1S/2C24H30N2O2.C4H4O4/c2*1-27-22-8-7-18-14-21(15-19(18)16-22)25-20-9-11-26(12-10-20)23-6-2-4-17-5-3-13-28-24(17)23;5-3(6)1-2-4(7)8/h2*2,4,6-8,16,20-21,25H,3,5,9-15H2,1H3;1-2H,(H,5,6)(H,7,8)/b;;2-1+. The van der Waals surface area contributed by atoms with Gasteiger partial charge in [0.1, 0.15) is 23.0 Å². The SMILES string of the molecule is COc1ccc2c(c1)CC(NC1CCN(c3cccc4c3OCCC4)CC1)C2.COc1ccc2c(c1)CC(NC1CCN(c3cccc4c3OCCC4)CC1)C2.O=C(O)/C=C/C(=O)O. The lowest BCUT2D eigenvalue weighted by atomic mass is 10.00. The molecule has 4 N–H and O–H groups in total. The first-order valence-electron chi connectivity index (χ1n) is 23.2. The Morgan fingerprint density at radius 3 is 1.36 bits per heavy atom. The summed E-state index contributed by atoms with van der Waals surface area (Å²) in [6, 6.07) is 28.7. The van der Waals surface area contributed by atoms with Gasteiger partial charge in [-0.3, -0.25) is 0 Å². The lowest BCUT2D eigenvalue weighted by Crippen LogP contribution is -2.46. The van der Waals surface area contributed by atoms with E-state index in [1.54, 1.807) is 14.2 Å². The van der Waals surface area contributed by atoms with Crippen molar-refractivity contribution in [2.75, 3.05) is 63.4 Å². The van der Waals surface area contributed by atoms with Crippen molar-refractivity contribution in [3.63, 3.8) is 0 Å². The average molecular weight is 873 g/mol. The topological polar surface area (TPSA) is 142 Å². The molecule has 0 spiro atoms. The molecule has 0 bridgehead atoms. The number of rotatable bonds is 10. The summed E-state index contributed by atoms with van der Waals surface area (Å²) in [5.41, 5.74) is 11.2. The molecule has 12 nitrogen and oxygen atoms in total. The summed E-state index contributed by atoms with van der Waals surface area (Å²) in [4.78, 5) is 24.2. The number of fused-ring (bicyclic) bond motifs is 4. The lowest BCUT2D eigenvalue weighted by Gasteiger charge is -2.36. The number of carbonyl (C=O) groups is 2. The number of piperidine rings is 2. The van der Waals surface area contributed by atoms with E-state index in [0.717, 1.165) is 114 Å². The van der Waals surface area contributed by atoms with Crippen LogP contribution < -0.4 is 39.4 Å². The highest BCUT2D eigenvalue weighted by molar-refractivity contribution is 5.89. The maximum atomic E-state index is 9.55. The van der Waals surface area contributed by atoms with E-state index in [1.807, 2.05) is 0 Å². The van der Waals surface area contributed by atoms with Crippen LogP contribution in [0.5, 0.6) is 23.0 Å². The zero-order chi connectivity index (χ0) is 44.4. The zero-order valence-corrected chi connectivity index (χ0v) is 37.4. The van der Waals surface area contributed by atoms with Gasteiger partial charge in [-0.05, 0) is 147 Å². The van der Waals surface area contributed by atoms with Crippen molar-refractivity contribution < 1.29 is 38.7 Å². The molecule has 64 heavy (non-hydrogen) atoms. The molecule has 6 aliphatic rings. The number of methoxy groups -OCH3 is 2. The molecule has 340 valence electrons. The van der Waals surface area contributed by atoms with Gasteiger partial charge in [0.25, 0.3) is 0 Å². The van der Waals surface area contributed by atoms with Crippen molar-refractivity contribution in [2.45, 2.75) is 101 Å². The number of anilines is 2. The number of hydrogen-bond donors (Lipinski definition) is 4. The predicted octanol–water partition coefficient (Wildman–Crippen LogP) is 7.20. The van der Waals surface area contributed by atoms with E-state index in [4.69, 9.17) is 29.2 Å². The fourth-order valence-corrected chi connectivity index (χ4v) is 10.3. The first kappa shape index (κ1) is 44.9. The van der Waals surface area contributed by atoms with Crippen LogP contribution in [0.15, 0.2) is 84.9 Å². The lowest BCUT2D eigenvalue weighted by molar-refractivity contribution is -0.134. The molecular weight excluding hydrogens is 809 g/mol.